The number of hydrogen-bond acceptors (Lipinski definition) is 2. The van der Waals surface area contributed by atoms with Crippen molar-refractivity contribution in [3.63, 3.8) is 0 Å². The predicted molar refractivity (Wildman–Crippen MR) is 157 cm³/mol. The van der Waals surface area contributed by atoms with E-state index >= 15 is 0 Å². The van der Waals surface area contributed by atoms with Crippen LogP contribution < -0.4 is 4.74 Å². The van der Waals surface area contributed by atoms with Gasteiger partial charge in [-0.3, -0.25) is 0 Å². The van der Waals surface area contributed by atoms with Gasteiger partial charge in [0.2, 0.25) is 0 Å². The number of hydrogen-bond donors (Lipinski definition) is 1. The fraction of sp³-hybridized carbons (Fsp3) is 0.765. The Balaban J connectivity index is 1.97. The Morgan fingerprint density at radius 1 is 0.889 bits per heavy atom. The fourth-order valence-electron chi connectivity index (χ4n) is 6.08. The highest BCUT2D eigenvalue weighted by Crippen LogP contribution is 2.47. The average Bonchev–Trinajstić information content (AvgIpc) is 2.80. The second-order valence-corrected chi connectivity index (χ2v) is 13.2. The number of rotatable bonds is 14. The third-order valence-electron chi connectivity index (χ3n) is 9.04. The SMILES string of the molecule is CC(C)=CCC1Cc2c(C)c(O)c(C)c(C)c2O[C@@]1(C)CCC[C@H](C)CCC[C@@H](C)CCCC(C)C. The van der Waals surface area contributed by atoms with Crippen LogP contribution in [0.1, 0.15) is 135 Å². The molecule has 2 heteroatoms. The molecule has 4 atom stereocenters. The molecule has 0 aromatic heterocycles. The summed E-state index contributed by atoms with van der Waals surface area (Å²) in [6.07, 6.45) is 16.3. The van der Waals surface area contributed by atoms with Crippen molar-refractivity contribution in [2.75, 3.05) is 0 Å². The Kier molecular flexibility index (Phi) is 11.9. The second-order valence-electron chi connectivity index (χ2n) is 13.2. The normalized spacial score (nSPS) is 21.1. The van der Waals surface area contributed by atoms with Crippen LogP contribution in [0.2, 0.25) is 0 Å². The minimum Gasteiger partial charge on any atom is -0.507 e. The van der Waals surface area contributed by atoms with Gasteiger partial charge in [-0.1, -0.05) is 84.3 Å². The monoisotopic (exact) mass is 498 g/mol. The van der Waals surface area contributed by atoms with Gasteiger partial charge in [0.1, 0.15) is 17.1 Å². The Bertz CT molecular complexity index is 861. The molecule has 0 radical (unpaired) electrons. The summed E-state index contributed by atoms with van der Waals surface area (Å²) in [4.78, 5) is 0. The quantitative estimate of drug-likeness (QED) is 0.258. The first kappa shape index (κ1) is 30.8. The first-order valence-corrected chi connectivity index (χ1v) is 15.0. The van der Waals surface area contributed by atoms with E-state index in [9.17, 15) is 5.11 Å². The van der Waals surface area contributed by atoms with E-state index in [1.807, 2.05) is 6.92 Å². The summed E-state index contributed by atoms with van der Waals surface area (Å²) in [5, 5.41) is 10.7. The first-order valence-electron chi connectivity index (χ1n) is 15.0. The molecule has 0 amide bonds. The van der Waals surface area contributed by atoms with Gasteiger partial charge in [-0.15, -0.1) is 0 Å². The lowest BCUT2D eigenvalue weighted by Gasteiger charge is -2.44. The van der Waals surface area contributed by atoms with Crippen LogP contribution in [0.5, 0.6) is 11.5 Å². The van der Waals surface area contributed by atoms with Gasteiger partial charge >= 0.3 is 0 Å². The molecule has 1 heterocycles. The second kappa shape index (κ2) is 13.9. The van der Waals surface area contributed by atoms with Gasteiger partial charge < -0.3 is 9.84 Å². The van der Waals surface area contributed by atoms with Crippen LogP contribution in [0, 0.1) is 44.4 Å². The van der Waals surface area contributed by atoms with E-state index in [1.54, 1.807) is 0 Å². The van der Waals surface area contributed by atoms with Crippen molar-refractivity contribution < 1.29 is 9.84 Å². The zero-order valence-corrected chi connectivity index (χ0v) is 25.5. The molecule has 1 aliphatic rings. The van der Waals surface area contributed by atoms with Crippen molar-refractivity contribution in [3.05, 3.63) is 33.9 Å². The van der Waals surface area contributed by atoms with E-state index in [2.05, 4.69) is 68.4 Å². The number of fused-ring (bicyclic) bond motifs is 1. The molecule has 0 aliphatic carbocycles. The molecule has 2 nitrogen and oxygen atoms in total. The molecule has 1 unspecified atom stereocenters. The van der Waals surface area contributed by atoms with Crippen molar-refractivity contribution in [2.45, 2.75) is 145 Å². The maximum atomic E-state index is 10.7. The molecule has 1 aliphatic heterocycles. The lowest BCUT2D eigenvalue weighted by molar-refractivity contribution is -0.00119. The maximum absolute atomic E-state index is 10.7. The summed E-state index contributed by atoms with van der Waals surface area (Å²) in [5.41, 5.74) is 5.50. The van der Waals surface area contributed by atoms with Gasteiger partial charge in [0.05, 0.1) is 0 Å². The molecule has 0 fully saturated rings. The van der Waals surface area contributed by atoms with E-state index in [0.29, 0.717) is 11.7 Å². The fourth-order valence-corrected chi connectivity index (χ4v) is 6.08. The largest absolute Gasteiger partial charge is 0.507 e. The lowest BCUT2D eigenvalue weighted by Crippen LogP contribution is -2.45. The van der Waals surface area contributed by atoms with E-state index < -0.39 is 0 Å². The van der Waals surface area contributed by atoms with Crippen LogP contribution in [0.4, 0.5) is 0 Å². The number of phenolic OH excluding ortho intramolecular Hbond substituents is 1. The standard InChI is InChI=1S/C34H58O2/c1-23(2)14-11-15-25(5)16-12-17-26(6)18-13-21-34(10)30(20-19-24(3)4)22-31-29(9)32(35)27(7)28(8)33(31)36-34/h19,23,25-26,30,35H,11-18,20-22H2,1-10H3/t25-,26+,30?,34-/m0/s1. The minimum atomic E-state index is -0.162. The Labute approximate surface area is 224 Å². The lowest BCUT2D eigenvalue weighted by atomic mass is 9.74. The van der Waals surface area contributed by atoms with Crippen molar-refractivity contribution >= 4 is 0 Å². The molecule has 0 bridgehead atoms. The molecule has 36 heavy (non-hydrogen) atoms. The van der Waals surface area contributed by atoms with Gasteiger partial charge in [0, 0.05) is 11.5 Å². The predicted octanol–water partition coefficient (Wildman–Crippen LogP) is 10.4. The molecule has 1 N–H and O–H groups in total. The number of phenols is 1. The van der Waals surface area contributed by atoms with Crippen molar-refractivity contribution in [1.29, 1.82) is 0 Å². The molecule has 0 spiro atoms. The molecular weight excluding hydrogens is 440 g/mol. The van der Waals surface area contributed by atoms with Gasteiger partial charge in [-0.25, -0.2) is 0 Å². The van der Waals surface area contributed by atoms with Gasteiger partial charge in [-0.2, -0.15) is 0 Å². The van der Waals surface area contributed by atoms with Gasteiger partial charge in [-0.05, 0) is 102 Å². The van der Waals surface area contributed by atoms with E-state index in [-0.39, 0.29) is 5.60 Å². The van der Waals surface area contributed by atoms with Crippen molar-refractivity contribution in [1.82, 2.24) is 0 Å². The Hall–Kier alpha value is -1.44. The number of allylic oxidation sites excluding steroid dienone is 2. The molecule has 0 saturated carbocycles. The first-order chi connectivity index (χ1) is 16.9. The topological polar surface area (TPSA) is 29.5 Å². The van der Waals surface area contributed by atoms with E-state index in [0.717, 1.165) is 59.5 Å². The summed E-state index contributed by atoms with van der Waals surface area (Å²) >= 11 is 0. The van der Waals surface area contributed by atoms with Gasteiger partial charge in [0.25, 0.3) is 0 Å². The highest BCUT2D eigenvalue weighted by atomic mass is 16.5. The van der Waals surface area contributed by atoms with Gasteiger partial charge in [0.15, 0.2) is 0 Å². The highest BCUT2D eigenvalue weighted by Gasteiger charge is 2.41. The molecule has 0 saturated heterocycles. The summed E-state index contributed by atoms with van der Waals surface area (Å²) < 4.78 is 6.92. The minimum absolute atomic E-state index is 0.162. The third-order valence-corrected chi connectivity index (χ3v) is 9.04. The van der Waals surface area contributed by atoms with Crippen LogP contribution in [-0.2, 0) is 6.42 Å². The van der Waals surface area contributed by atoms with Crippen LogP contribution in [0.15, 0.2) is 11.6 Å². The number of benzene rings is 1. The summed E-state index contributed by atoms with van der Waals surface area (Å²) in [5.74, 6) is 4.41. The smallest absolute Gasteiger partial charge is 0.127 e. The summed E-state index contributed by atoms with van der Waals surface area (Å²) in [6.45, 7) is 22.5. The maximum Gasteiger partial charge on any atom is 0.127 e. The Morgan fingerprint density at radius 3 is 2.00 bits per heavy atom. The Morgan fingerprint density at radius 2 is 1.44 bits per heavy atom. The van der Waals surface area contributed by atoms with E-state index in [4.69, 9.17) is 4.74 Å². The highest BCUT2D eigenvalue weighted by molar-refractivity contribution is 5.58. The van der Waals surface area contributed by atoms with Crippen LogP contribution in [0.3, 0.4) is 0 Å². The zero-order valence-electron chi connectivity index (χ0n) is 25.5. The third kappa shape index (κ3) is 8.56. The van der Waals surface area contributed by atoms with E-state index in [1.165, 1.54) is 62.5 Å². The van der Waals surface area contributed by atoms with Crippen LogP contribution in [-0.4, -0.2) is 10.7 Å². The summed E-state index contributed by atoms with van der Waals surface area (Å²) in [7, 11) is 0. The number of aromatic hydroxyl groups is 1. The number of ether oxygens (including phenoxy) is 1. The molecule has 1 aromatic rings. The van der Waals surface area contributed by atoms with Crippen molar-refractivity contribution in [2.24, 2.45) is 23.7 Å². The molecule has 1 aromatic carbocycles. The zero-order chi connectivity index (χ0) is 27.0. The van der Waals surface area contributed by atoms with Crippen LogP contribution in [0.25, 0.3) is 0 Å². The molecular formula is C34H58O2. The average molecular weight is 499 g/mol. The molecule has 2 rings (SSSR count). The summed E-state index contributed by atoms with van der Waals surface area (Å²) in [6, 6.07) is 0. The van der Waals surface area contributed by atoms with Crippen molar-refractivity contribution in [3.8, 4) is 11.5 Å². The van der Waals surface area contributed by atoms with Crippen LogP contribution >= 0.6 is 0 Å². The molecule has 206 valence electrons.